The molecule has 0 aromatic heterocycles. The van der Waals surface area contributed by atoms with Crippen molar-refractivity contribution in [3.63, 3.8) is 0 Å². The van der Waals surface area contributed by atoms with Gasteiger partial charge in [-0.15, -0.1) is 0 Å². The second-order valence-corrected chi connectivity index (χ2v) is 7.50. The SMILES string of the molecule is COc1cc(/C=N\NC(=O)c2ccc(Cl)c(Cl)c2)cc(Cl)c1OCc1ccc(F)cc1. The number of benzene rings is 3. The van der Waals surface area contributed by atoms with Crippen LogP contribution in [0.25, 0.3) is 0 Å². The number of nitrogens with one attached hydrogen (secondary N) is 1. The zero-order chi connectivity index (χ0) is 22.4. The third-order valence-corrected chi connectivity index (χ3v) is 5.13. The van der Waals surface area contributed by atoms with Gasteiger partial charge in [0.2, 0.25) is 0 Å². The molecule has 0 aliphatic rings. The lowest BCUT2D eigenvalue weighted by atomic mass is 10.2. The molecule has 0 radical (unpaired) electrons. The molecule has 0 atom stereocenters. The summed E-state index contributed by atoms with van der Waals surface area (Å²) in [6, 6.07) is 13.7. The predicted octanol–water partition coefficient (Wildman–Crippen LogP) is 6.14. The topological polar surface area (TPSA) is 59.9 Å². The van der Waals surface area contributed by atoms with Crippen molar-refractivity contribution >= 4 is 46.9 Å². The summed E-state index contributed by atoms with van der Waals surface area (Å²) < 4.78 is 24.1. The molecular formula is C22H16Cl3FN2O3. The molecule has 9 heteroatoms. The minimum atomic E-state index is -0.452. The second-order valence-electron chi connectivity index (χ2n) is 6.28. The molecule has 0 fully saturated rings. The molecule has 160 valence electrons. The van der Waals surface area contributed by atoms with Crippen molar-refractivity contribution in [1.82, 2.24) is 5.43 Å². The van der Waals surface area contributed by atoms with E-state index in [2.05, 4.69) is 10.5 Å². The van der Waals surface area contributed by atoms with Gasteiger partial charge in [0.1, 0.15) is 12.4 Å². The standard InChI is InChI=1S/C22H16Cl3FN2O3/c1-30-20-9-14(11-27-28-22(29)15-4-7-17(23)18(24)10-15)8-19(25)21(20)31-12-13-2-5-16(26)6-3-13/h2-11H,12H2,1H3,(H,28,29)/b27-11-. The molecule has 1 amide bonds. The molecule has 0 aliphatic heterocycles. The van der Waals surface area contributed by atoms with Crippen LogP contribution in [-0.2, 0) is 6.61 Å². The maximum Gasteiger partial charge on any atom is 0.271 e. The van der Waals surface area contributed by atoms with Crippen LogP contribution >= 0.6 is 34.8 Å². The summed E-state index contributed by atoms with van der Waals surface area (Å²) in [6.07, 6.45) is 1.41. The summed E-state index contributed by atoms with van der Waals surface area (Å²) in [5.74, 6) is -0.0567. The van der Waals surface area contributed by atoms with Gasteiger partial charge in [0.15, 0.2) is 11.5 Å². The van der Waals surface area contributed by atoms with Crippen LogP contribution < -0.4 is 14.9 Å². The van der Waals surface area contributed by atoms with Crippen molar-refractivity contribution in [1.29, 1.82) is 0 Å². The smallest absolute Gasteiger partial charge is 0.271 e. The van der Waals surface area contributed by atoms with Crippen LogP contribution in [0.2, 0.25) is 15.1 Å². The molecule has 0 spiro atoms. The highest BCUT2D eigenvalue weighted by Crippen LogP contribution is 2.36. The summed E-state index contributed by atoms with van der Waals surface area (Å²) in [5, 5.41) is 4.84. The first-order chi connectivity index (χ1) is 14.9. The molecule has 3 aromatic rings. The first kappa shape index (κ1) is 22.9. The normalized spacial score (nSPS) is 10.9. The zero-order valence-corrected chi connectivity index (χ0v) is 18.4. The van der Waals surface area contributed by atoms with Gasteiger partial charge in [0.25, 0.3) is 5.91 Å². The lowest BCUT2D eigenvalue weighted by Crippen LogP contribution is -2.17. The van der Waals surface area contributed by atoms with Crippen LogP contribution in [0.5, 0.6) is 11.5 Å². The maximum absolute atomic E-state index is 13.0. The first-order valence-corrected chi connectivity index (χ1v) is 10.0. The Labute approximate surface area is 193 Å². The fourth-order valence-electron chi connectivity index (χ4n) is 2.56. The second kappa shape index (κ2) is 10.5. The van der Waals surface area contributed by atoms with E-state index in [0.29, 0.717) is 32.7 Å². The monoisotopic (exact) mass is 480 g/mol. The Morgan fingerprint density at radius 2 is 1.77 bits per heavy atom. The highest BCUT2D eigenvalue weighted by Gasteiger charge is 2.12. The van der Waals surface area contributed by atoms with Crippen LogP contribution in [0.1, 0.15) is 21.5 Å². The molecule has 3 aromatic carbocycles. The van der Waals surface area contributed by atoms with E-state index in [9.17, 15) is 9.18 Å². The fourth-order valence-corrected chi connectivity index (χ4v) is 3.13. The van der Waals surface area contributed by atoms with Gasteiger partial charge in [-0.1, -0.05) is 46.9 Å². The van der Waals surface area contributed by atoms with Gasteiger partial charge in [-0.2, -0.15) is 5.10 Å². The third kappa shape index (κ3) is 6.10. The number of hydrogen-bond acceptors (Lipinski definition) is 4. The van der Waals surface area contributed by atoms with E-state index in [0.717, 1.165) is 5.56 Å². The summed E-state index contributed by atoms with van der Waals surface area (Å²) in [5.41, 5.74) is 4.06. The van der Waals surface area contributed by atoms with Gasteiger partial charge < -0.3 is 9.47 Å². The minimum absolute atomic E-state index is 0.184. The zero-order valence-electron chi connectivity index (χ0n) is 16.2. The number of amides is 1. The van der Waals surface area contributed by atoms with Crippen molar-refractivity contribution < 1.29 is 18.7 Å². The summed E-state index contributed by atoms with van der Waals surface area (Å²) in [7, 11) is 1.48. The first-order valence-electron chi connectivity index (χ1n) is 8.90. The van der Waals surface area contributed by atoms with Crippen molar-refractivity contribution in [3.05, 3.63) is 92.2 Å². The van der Waals surface area contributed by atoms with E-state index in [1.54, 1.807) is 24.3 Å². The molecule has 1 N–H and O–H groups in total. The van der Waals surface area contributed by atoms with Gasteiger partial charge in [-0.3, -0.25) is 4.79 Å². The molecule has 0 heterocycles. The quantitative estimate of drug-likeness (QED) is 0.326. The Morgan fingerprint density at radius 1 is 1.03 bits per heavy atom. The molecule has 0 saturated carbocycles. The lowest BCUT2D eigenvalue weighted by molar-refractivity contribution is 0.0955. The summed E-state index contributed by atoms with van der Waals surface area (Å²) in [4.78, 5) is 12.2. The van der Waals surface area contributed by atoms with Gasteiger partial charge in [0.05, 0.1) is 28.4 Å². The van der Waals surface area contributed by atoms with Crippen molar-refractivity contribution in [2.45, 2.75) is 6.61 Å². The van der Waals surface area contributed by atoms with E-state index in [1.165, 1.54) is 43.7 Å². The largest absolute Gasteiger partial charge is 0.493 e. The number of halogens is 4. The number of nitrogens with zero attached hydrogens (tertiary/aromatic N) is 1. The van der Waals surface area contributed by atoms with Gasteiger partial charge >= 0.3 is 0 Å². The van der Waals surface area contributed by atoms with Crippen molar-refractivity contribution in [2.24, 2.45) is 5.10 Å². The minimum Gasteiger partial charge on any atom is -0.493 e. The Kier molecular flexibility index (Phi) is 7.74. The van der Waals surface area contributed by atoms with Crippen LogP contribution in [0, 0.1) is 5.82 Å². The number of hydrazone groups is 1. The van der Waals surface area contributed by atoms with Gasteiger partial charge in [0, 0.05) is 5.56 Å². The maximum atomic E-state index is 13.0. The molecule has 3 rings (SSSR count). The van der Waals surface area contributed by atoms with E-state index in [1.807, 2.05) is 0 Å². The molecule has 0 unspecified atom stereocenters. The Bertz CT molecular complexity index is 1120. The van der Waals surface area contributed by atoms with Crippen molar-refractivity contribution in [3.8, 4) is 11.5 Å². The lowest BCUT2D eigenvalue weighted by Gasteiger charge is -2.13. The molecule has 5 nitrogen and oxygen atoms in total. The highest BCUT2D eigenvalue weighted by atomic mass is 35.5. The molecule has 0 bridgehead atoms. The fraction of sp³-hybridized carbons (Fsp3) is 0.0909. The Balaban J connectivity index is 1.69. The van der Waals surface area contributed by atoms with Gasteiger partial charge in [-0.25, -0.2) is 9.82 Å². The van der Waals surface area contributed by atoms with E-state index in [-0.39, 0.29) is 17.4 Å². The molecular weight excluding hydrogens is 466 g/mol. The number of hydrogen-bond donors (Lipinski definition) is 1. The Hall–Kier alpha value is -2.80. The van der Waals surface area contributed by atoms with Crippen LogP contribution in [0.3, 0.4) is 0 Å². The molecule has 0 saturated heterocycles. The van der Waals surface area contributed by atoms with Crippen LogP contribution in [0.15, 0.2) is 59.7 Å². The van der Waals surface area contributed by atoms with Crippen LogP contribution in [0.4, 0.5) is 4.39 Å². The number of methoxy groups -OCH3 is 1. The summed E-state index contributed by atoms with van der Waals surface area (Å²) in [6.45, 7) is 0.184. The molecule has 0 aliphatic carbocycles. The van der Waals surface area contributed by atoms with Gasteiger partial charge in [-0.05, 0) is 53.6 Å². The summed E-state index contributed by atoms with van der Waals surface area (Å²) >= 11 is 18.1. The Morgan fingerprint density at radius 3 is 2.45 bits per heavy atom. The number of rotatable bonds is 7. The van der Waals surface area contributed by atoms with Crippen LogP contribution in [-0.4, -0.2) is 19.2 Å². The molecule has 31 heavy (non-hydrogen) atoms. The number of ether oxygens (including phenoxy) is 2. The van der Waals surface area contributed by atoms with E-state index >= 15 is 0 Å². The van der Waals surface area contributed by atoms with E-state index < -0.39 is 5.91 Å². The average Bonchev–Trinajstić information content (AvgIpc) is 2.75. The number of carbonyl (C=O) groups excluding carboxylic acids is 1. The van der Waals surface area contributed by atoms with E-state index in [4.69, 9.17) is 44.3 Å². The van der Waals surface area contributed by atoms with Crippen molar-refractivity contribution in [2.75, 3.05) is 7.11 Å². The predicted molar refractivity (Wildman–Crippen MR) is 120 cm³/mol. The average molecular weight is 482 g/mol. The third-order valence-electron chi connectivity index (χ3n) is 4.11. The number of carbonyl (C=O) groups is 1. The highest BCUT2D eigenvalue weighted by molar-refractivity contribution is 6.42.